The molecule has 20 heavy (non-hydrogen) atoms. The van der Waals surface area contributed by atoms with E-state index in [4.69, 9.17) is 4.74 Å². The van der Waals surface area contributed by atoms with Gasteiger partial charge in [0.2, 0.25) is 0 Å². The maximum atomic E-state index is 5.31. The second kappa shape index (κ2) is 18.0. The molecular weight excluding hydrogens is 252 g/mol. The molecule has 0 atom stereocenters. The van der Waals surface area contributed by atoms with Crippen LogP contribution in [0.25, 0.3) is 0 Å². The van der Waals surface area contributed by atoms with Crippen molar-refractivity contribution in [2.75, 3.05) is 54.0 Å². The predicted molar refractivity (Wildman–Crippen MR) is 87.7 cm³/mol. The fraction of sp³-hybridized carbons (Fsp3) is 0.600. The first-order valence-electron chi connectivity index (χ1n) is 7.02. The SMILES string of the molecule is CN.CN.CN.c1ccc(CCN2CCOCC2)cc1. The van der Waals surface area contributed by atoms with Crippen molar-refractivity contribution in [1.29, 1.82) is 0 Å². The highest BCUT2D eigenvalue weighted by atomic mass is 16.5. The van der Waals surface area contributed by atoms with Gasteiger partial charge >= 0.3 is 0 Å². The van der Waals surface area contributed by atoms with Crippen molar-refractivity contribution in [3.05, 3.63) is 35.9 Å². The zero-order valence-electron chi connectivity index (χ0n) is 13.2. The largest absolute Gasteiger partial charge is 0.379 e. The Morgan fingerprint density at radius 3 is 1.90 bits per heavy atom. The molecule has 1 aromatic rings. The molecule has 0 radical (unpaired) electrons. The molecule has 1 fully saturated rings. The highest BCUT2D eigenvalue weighted by Crippen LogP contribution is 2.03. The van der Waals surface area contributed by atoms with Crippen LogP contribution in [0.1, 0.15) is 5.56 Å². The maximum absolute atomic E-state index is 5.31. The zero-order chi connectivity index (χ0) is 15.6. The molecule has 0 amide bonds. The van der Waals surface area contributed by atoms with Gasteiger partial charge in [0.05, 0.1) is 13.2 Å². The van der Waals surface area contributed by atoms with E-state index in [2.05, 4.69) is 52.4 Å². The first-order chi connectivity index (χ1) is 9.95. The van der Waals surface area contributed by atoms with Gasteiger partial charge in [0, 0.05) is 19.6 Å². The summed E-state index contributed by atoms with van der Waals surface area (Å²) in [5.41, 5.74) is 14.9. The van der Waals surface area contributed by atoms with Gasteiger partial charge in [-0.1, -0.05) is 30.3 Å². The van der Waals surface area contributed by atoms with E-state index in [1.807, 2.05) is 0 Å². The van der Waals surface area contributed by atoms with Crippen molar-refractivity contribution in [1.82, 2.24) is 4.90 Å². The normalized spacial score (nSPS) is 13.7. The molecule has 1 aliphatic rings. The smallest absolute Gasteiger partial charge is 0.0594 e. The highest BCUT2D eigenvalue weighted by Gasteiger charge is 2.09. The number of ether oxygens (including phenoxy) is 1. The summed E-state index contributed by atoms with van der Waals surface area (Å²) < 4.78 is 5.31. The Morgan fingerprint density at radius 1 is 0.900 bits per heavy atom. The summed E-state index contributed by atoms with van der Waals surface area (Å²) in [6.07, 6.45) is 1.15. The van der Waals surface area contributed by atoms with Crippen LogP contribution in [0.5, 0.6) is 0 Å². The van der Waals surface area contributed by atoms with Crippen LogP contribution in [0.15, 0.2) is 30.3 Å². The fourth-order valence-corrected chi connectivity index (χ4v) is 1.76. The number of rotatable bonds is 3. The average molecular weight is 284 g/mol. The van der Waals surface area contributed by atoms with E-state index in [-0.39, 0.29) is 0 Å². The Balaban J connectivity index is 0. The van der Waals surface area contributed by atoms with Crippen LogP contribution in [0.2, 0.25) is 0 Å². The number of hydrogen-bond acceptors (Lipinski definition) is 5. The lowest BCUT2D eigenvalue weighted by Gasteiger charge is -2.26. The topological polar surface area (TPSA) is 90.5 Å². The molecule has 118 valence electrons. The van der Waals surface area contributed by atoms with E-state index in [1.165, 1.54) is 26.7 Å². The molecule has 5 nitrogen and oxygen atoms in total. The minimum absolute atomic E-state index is 0.898. The van der Waals surface area contributed by atoms with Crippen LogP contribution in [0, 0.1) is 0 Å². The van der Waals surface area contributed by atoms with Crippen molar-refractivity contribution in [2.45, 2.75) is 6.42 Å². The van der Waals surface area contributed by atoms with E-state index in [1.54, 1.807) is 0 Å². The molecule has 0 saturated carbocycles. The van der Waals surface area contributed by atoms with E-state index in [0.29, 0.717) is 0 Å². The third-order valence-electron chi connectivity index (χ3n) is 2.66. The molecule has 0 spiro atoms. The van der Waals surface area contributed by atoms with Crippen LogP contribution in [0.3, 0.4) is 0 Å². The monoisotopic (exact) mass is 284 g/mol. The summed E-state index contributed by atoms with van der Waals surface area (Å²) in [4.78, 5) is 2.47. The van der Waals surface area contributed by atoms with Crippen LogP contribution >= 0.6 is 0 Å². The standard InChI is InChI=1S/C12H17NO.3CH5N/c1-2-4-12(5-3-1)6-7-13-8-10-14-11-9-13;3*1-2/h1-5H,6-11H2;3*2H2,1H3. The van der Waals surface area contributed by atoms with Crippen LogP contribution in [-0.2, 0) is 11.2 Å². The van der Waals surface area contributed by atoms with Crippen molar-refractivity contribution in [3.63, 3.8) is 0 Å². The Bertz CT molecular complexity index is 264. The third kappa shape index (κ3) is 10.9. The van der Waals surface area contributed by atoms with Gasteiger partial charge in [0.1, 0.15) is 0 Å². The summed E-state index contributed by atoms with van der Waals surface area (Å²) in [5.74, 6) is 0. The van der Waals surface area contributed by atoms with Crippen molar-refractivity contribution in [2.24, 2.45) is 17.2 Å². The third-order valence-corrected chi connectivity index (χ3v) is 2.66. The molecule has 1 heterocycles. The number of nitrogens with zero attached hydrogens (tertiary/aromatic N) is 1. The fourth-order valence-electron chi connectivity index (χ4n) is 1.76. The lowest BCUT2D eigenvalue weighted by molar-refractivity contribution is 0.0384. The molecule has 0 aliphatic carbocycles. The first-order valence-corrected chi connectivity index (χ1v) is 7.02. The molecule has 0 unspecified atom stereocenters. The van der Waals surface area contributed by atoms with Gasteiger partial charge in [0.25, 0.3) is 0 Å². The van der Waals surface area contributed by atoms with E-state index in [0.717, 1.165) is 39.3 Å². The second-order valence-electron chi connectivity index (χ2n) is 3.69. The average Bonchev–Trinajstić information content (AvgIpc) is 2.60. The maximum Gasteiger partial charge on any atom is 0.0594 e. The van der Waals surface area contributed by atoms with Gasteiger partial charge in [-0.3, -0.25) is 4.90 Å². The Kier molecular flexibility index (Phi) is 19.2. The summed E-state index contributed by atoms with van der Waals surface area (Å²) in [6, 6.07) is 10.7. The Morgan fingerprint density at radius 2 is 1.40 bits per heavy atom. The number of morpholine rings is 1. The van der Waals surface area contributed by atoms with Crippen molar-refractivity contribution >= 4 is 0 Å². The highest BCUT2D eigenvalue weighted by molar-refractivity contribution is 5.14. The molecule has 5 heteroatoms. The second-order valence-corrected chi connectivity index (χ2v) is 3.69. The van der Waals surface area contributed by atoms with E-state index < -0.39 is 0 Å². The molecule has 0 bridgehead atoms. The van der Waals surface area contributed by atoms with E-state index >= 15 is 0 Å². The molecule has 1 aliphatic heterocycles. The number of nitrogens with two attached hydrogens (primary N) is 3. The summed E-state index contributed by atoms with van der Waals surface area (Å²) in [7, 11) is 4.50. The molecule has 6 N–H and O–H groups in total. The van der Waals surface area contributed by atoms with Crippen molar-refractivity contribution in [3.8, 4) is 0 Å². The zero-order valence-corrected chi connectivity index (χ0v) is 13.2. The van der Waals surface area contributed by atoms with Crippen LogP contribution in [-0.4, -0.2) is 58.9 Å². The minimum Gasteiger partial charge on any atom is -0.379 e. The molecule has 0 aromatic heterocycles. The summed E-state index contributed by atoms with van der Waals surface area (Å²) >= 11 is 0. The van der Waals surface area contributed by atoms with Crippen LogP contribution in [0.4, 0.5) is 0 Å². The Hall–Kier alpha value is -0.980. The van der Waals surface area contributed by atoms with Crippen molar-refractivity contribution < 1.29 is 4.74 Å². The summed E-state index contributed by atoms with van der Waals surface area (Å²) in [6.45, 7) is 5.14. The van der Waals surface area contributed by atoms with Gasteiger partial charge in [-0.25, -0.2) is 0 Å². The molecule has 1 aromatic carbocycles. The quantitative estimate of drug-likeness (QED) is 0.742. The molecular formula is C15H32N4O. The van der Waals surface area contributed by atoms with Gasteiger partial charge in [-0.05, 0) is 33.1 Å². The van der Waals surface area contributed by atoms with Gasteiger partial charge in [0.15, 0.2) is 0 Å². The van der Waals surface area contributed by atoms with Gasteiger partial charge in [-0.15, -0.1) is 0 Å². The van der Waals surface area contributed by atoms with Gasteiger partial charge < -0.3 is 21.9 Å². The lowest BCUT2D eigenvalue weighted by Crippen LogP contribution is -2.37. The first kappa shape index (κ1) is 21.3. The number of benzene rings is 1. The molecule has 1 saturated heterocycles. The lowest BCUT2D eigenvalue weighted by atomic mass is 10.1. The molecule has 2 rings (SSSR count). The van der Waals surface area contributed by atoms with Crippen LogP contribution < -0.4 is 17.2 Å². The van der Waals surface area contributed by atoms with Gasteiger partial charge in [-0.2, -0.15) is 0 Å². The summed E-state index contributed by atoms with van der Waals surface area (Å²) in [5, 5.41) is 0. The predicted octanol–water partition coefficient (Wildman–Crippen LogP) is 0.286. The Labute approximate surface area is 124 Å². The number of hydrogen-bond donors (Lipinski definition) is 3. The van der Waals surface area contributed by atoms with E-state index in [9.17, 15) is 0 Å². The minimum atomic E-state index is 0.898.